The Morgan fingerprint density at radius 1 is 1.58 bits per heavy atom. The number of nitrogens with one attached hydrogen (secondary N) is 1. The van der Waals surface area contributed by atoms with E-state index in [2.05, 4.69) is 9.97 Å². The van der Waals surface area contributed by atoms with Gasteiger partial charge in [0, 0.05) is 24.2 Å². The molecule has 3 nitrogen and oxygen atoms in total. The summed E-state index contributed by atoms with van der Waals surface area (Å²) >= 11 is 0. The number of aliphatic hydroxyl groups is 1. The predicted molar refractivity (Wildman–Crippen MR) is 46.0 cm³/mol. The highest BCUT2D eigenvalue weighted by Gasteiger charge is 2.20. The molecule has 1 aliphatic rings. The Morgan fingerprint density at radius 2 is 2.42 bits per heavy atom. The topological polar surface area (TPSA) is 48.9 Å². The van der Waals surface area contributed by atoms with Crippen LogP contribution in [0, 0.1) is 0 Å². The maximum Gasteiger partial charge on any atom is 0.108 e. The molecule has 0 spiro atoms. The van der Waals surface area contributed by atoms with E-state index < -0.39 is 0 Å². The van der Waals surface area contributed by atoms with Crippen LogP contribution in [-0.2, 0) is 6.42 Å². The van der Waals surface area contributed by atoms with Gasteiger partial charge in [-0.15, -0.1) is 0 Å². The van der Waals surface area contributed by atoms with E-state index in [1.165, 1.54) is 25.0 Å². The van der Waals surface area contributed by atoms with Crippen LogP contribution in [0.3, 0.4) is 0 Å². The molecular formula is C9H14N2O. The van der Waals surface area contributed by atoms with Crippen molar-refractivity contribution in [3.63, 3.8) is 0 Å². The number of aliphatic hydroxyl groups excluding tert-OH is 1. The highest BCUT2D eigenvalue weighted by atomic mass is 16.3. The Labute approximate surface area is 71.8 Å². The largest absolute Gasteiger partial charge is 0.396 e. The van der Waals surface area contributed by atoms with Gasteiger partial charge >= 0.3 is 0 Å². The van der Waals surface area contributed by atoms with Gasteiger partial charge in [-0.3, -0.25) is 0 Å². The van der Waals surface area contributed by atoms with Crippen molar-refractivity contribution in [3.8, 4) is 0 Å². The van der Waals surface area contributed by atoms with E-state index in [-0.39, 0.29) is 6.61 Å². The second-order valence-electron chi connectivity index (χ2n) is 3.39. The molecule has 0 saturated heterocycles. The van der Waals surface area contributed by atoms with Gasteiger partial charge in [-0.05, 0) is 12.8 Å². The zero-order chi connectivity index (χ0) is 8.39. The van der Waals surface area contributed by atoms with Crippen molar-refractivity contribution in [2.24, 2.45) is 0 Å². The summed E-state index contributed by atoms with van der Waals surface area (Å²) in [6.45, 7) is 0.178. The molecule has 0 radical (unpaired) electrons. The van der Waals surface area contributed by atoms with Crippen molar-refractivity contribution < 1.29 is 5.11 Å². The molecule has 12 heavy (non-hydrogen) atoms. The summed E-state index contributed by atoms with van der Waals surface area (Å²) < 4.78 is 0. The number of aromatic nitrogens is 2. The number of H-pyrrole nitrogens is 1. The van der Waals surface area contributed by atoms with Gasteiger partial charge in [-0.1, -0.05) is 6.42 Å². The molecule has 0 bridgehead atoms. The normalized spacial score (nSPS) is 17.8. The third-order valence-electron chi connectivity index (χ3n) is 2.54. The van der Waals surface area contributed by atoms with Gasteiger partial charge in [0.25, 0.3) is 0 Å². The Hall–Kier alpha value is -0.830. The molecule has 1 aliphatic carbocycles. The van der Waals surface area contributed by atoms with Gasteiger partial charge in [-0.2, -0.15) is 0 Å². The maximum absolute atomic E-state index is 8.68. The predicted octanol–water partition coefficient (Wildman–Crippen LogP) is 1.21. The van der Waals surface area contributed by atoms with E-state index in [4.69, 9.17) is 5.11 Å². The standard InChI is InChI=1S/C9H14N2O/c12-5-4-9-10-6-8(11-9)7-2-1-3-7/h6-7,12H,1-5H2,(H,10,11). The van der Waals surface area contributed by atoms with E-state index in [9.17, 15) is 0 Å². The zero-order valence-corrected chi connectivity index (χ0v) is 7.08. The molecule has 1 aromatic heterocycles. The molecule has 0 unspecified atom stereocenters. The number of hydrogen-bond acceptors (Lipinski definition) is 2. The minimum atomic E-state index is 0.178. The summed E-state index contributed by atoms with van der Waals surface area (Å²) in [4.78, 5) is 7.44. The number of nitrogens with zero attached hydrogens (tertiary/aromatic N) is 1. The minimum Gasteiger partial charge on any atom is -0.396 e. The van der Waals surface area contributed by atoms with Crippen LogP contribution >= 0.6 is 0 Å². The summed E-state index contributed by atoms with van der Waals surface area (Å²) in [6.07, 6.45) is 6.49. The fourth-order valence-electron chi connectivity index (χ4n) is 1.54. The third-order valence-corrected chi connectivity index (χ3v) is 2.54. The minimum absolute atomic E-state index is 0.178. The van der Waals surface area contributed by atoms with Gasteiger partial charge in [0.05, 0.1) is 6.61 Å². The summed E-state index contributed by atoms with van der Waals surface area (Å²) in [7, 11) is 0. The van der Waals surface area contributed by atoms with Gasteiger partial charge < -0.3 is 10.1 Å². The number of imidazole rings is 1. The van der Waals surface area contributed by atoms with Crippen molar-refractivity contribution >= 4 is 0 Å². The van der Waals surface area contributed by atoms with Crippen molar-refractivity contribution in [3.05, 3.63) is 17.7 Å². The van der Waals surface area contributed by atoms with Gasteiger partial charge in [-0.25, -0.2) is 4.98 Å². The lowest BCUT2D eigenvalue weighted by Crippen LogP contribution is -2.09. The van der Waals surface area contributed by atoms with Crippen LogP contribution in [0.4, 0.5) is 0 Å². The van der Waals surface area contributed by atoms with Gasteiger partial charge in [0.2, 0.25) is 0 Å². The van der Waals surface area contributed by atoms with Crippen LogP contribution < -0.4 is 0 Å². The van der Waals surface area contributed by atoms with E-state index in [1.807, 2.05) is 6.20 Å². The van der Waals surface area contributed by atoms with Crippen molar-refractivity contribution in [2.45, 2.75) is 31.6 Å². The lowest BCUT2D eigenvalue weighted by molar-refractivity contribution is 0.297. The summed E-state index contributed by atoms with van der Waals surface area (Å²) in [5.41, 5.74) is 1.25. The quantitative estimate of drug-likeness (QED) is 0.709. The zero-order valence-electron chi connectivity index (χ0n) is 7.08. The summed E-state index contributed by atoms with van der Waals surface area (Å²) in [6, 6.07) is 0. The summed E-state index contributed by atoms with van der Waals surface area (Å²) in [5.74, 6) is 1.63. The number of aromatic amines is 1. The highest BCUT2D eigenvalue weighted by molar-refractivity contribution is 5.10. The van der Waals surface area contributed by atoms with Crippen LogP contribution in [0.2, 0.25) is 0 Å². The first kappa shape index (κ1) is 7.80. The van der Waals surface area contributed by atoms with Gasteiger partial charge in [0.1, 0.15) is 5.82 Å². The van der Waals surface area contributed by atoms with Crippen molar-refractivity contribution in [1.29, 1.82) is 0 Å². The molecule has 1 aromatic rings. The van der Waals surface area contributed by atoms with E-state index in [0.717, 1.165) is 5.82 Å². The van der Waals surface area contributed by atoms with Gasteiger partial charge in [0.15, 0.2) is 0 Å². The summed E-state index contributed by atoms with van der Waals surface area (Å²) in [5, 5.41) is 8.68. The second kappa shape index (κ2) is 3.27. The Balaban J connectivity index is 2.02. The molecule has 0 amide bonds. The molecule has 66 valence electrons. The molecule has 0 aliphatic heterocycles. The molecule has 0 atom stereocenters. The smallest absolute Gasteiger partial charge is 0.108 e. The molecule has 2 rings (SSSR count). The average Bonchev–Trinajstić information content (AvgIpc) is 2.34. The average molecular weight is 166 g/mol. The van der Waals surface area contributed by atoms with Crippen LogP contribution in [-0.4, -0.2) is 21.7 Å². The molecular weight excluding hydrogens is 152 g/mol. The number of rotatable bonds is 3. The third kappa shape index (κ3) is 1.37. The Kier molecular flexibility index (Phi) is 2.13. The Bertz CT molecular complexity index is 253. The van der Waals surface area contributed by atoms with Crippen LogP contribution in [0.1, 0.15) is 36.7 Å². The second-order valence-corrected chi connectivity index (χ2v) is 3.39. The first-order valence-corrected chi connectivity index (χ1v) is 4.55. The monoisotopic (exact) mass is 166 g/mol. The van der Waals surface area contributed by atoms with E-state index in [1.54, 1.807) is 0 Å². The van der Waals surface area contributed by atoms with Crippen molar-refractivity contribution in [1.82, 2.24) is 9.97 Å². The van der Waals surface area contributed by atoms with E-state index >= 15 is 0 Å². The van der Waals surface area contributed by atoms with Crippen molar-refractivity contribution in [2.75, 3.05) is 6.61 Å². The first-order chi connectivity index (χ1) is 5.90. The maximum atomic E-state index is 8.68. The van der Waals surface area contributed by atoms with E-state index in [0.29, 0.717) is 12.3 Å². The SMILES string of the molecule is OCCc1ncc(C2CCC2)[nH]1. The lowest BCUT2D eigenvalue weighted by Gasteiger charge is -2.23. The van der Waals surface area contributed by atoms with Crippen LogP contribution in [0.25, 0.3) is 0 Å². The van der Waals surface area contributed by atoms with Crippen LogP contribution in [0.5, 0.6) is 0 Å². The fraction of sp³-hybridized carbons (Fsp3) is 0.667. The van der Waals surface area contributed by atoms with Crippen LogP contribution in [0.15, 0.2) is 6.20 Å². The molecule has 1 heterocycles. The molecule has 3 heteroatoms. The number of hydrogen-bond donors (Lipinski definition) is 2. The Morgan fingerprint density at radius 3 is 3.00 bits per heavy atom. The molecule has 2 N–H and O–H groups in total. The molecule has 1 fully saturated rings. The highest BCUT2D eigenvalue weighted by Crippen LogP contribution is 2.35. The lowest BCUT2D eigenvalue weighted by atomic mass is 9.83. The molecule has 1 saturated carbocycles. The fourth-order valence-corrected chi connectivity index (χ4v) is 1.54. The molecule has 0 aromatic carbocycles. The first-order valence-electron chi connectivity index (χ1n) is 4.55.